The average molecular weight is 404 g/mol. The molecule has 0 atom stereocenters. The molecule has 0 saturated carbocycles. The Morgan fingerprint density at radius 1 is 1.14 bits per heavy atom. The Kier molecular flexibility index (Phi) is 7.11. The van der Waals surface area contributed by atoms with Gasteiger partial charge in [-0.1, -0.05) is 18.2 Å². The van der Waals surface area contributed by atoms with Crippen LogP contribution < -0.4 is 20.9 Å². The normalized spacial score (nSPS) is 14.3. The molecule has 2 amide bonds. The number of aliphatic imine (C=N–C) groups is 1. The van der Waals surface area contributed by atoms with E-state index in [-0.39, 0.29) is 12.5 Å². The Morgan fingerprint density at radius 3 is 2.48 bits per heavy atom. The molecule has 1 aliphatic heterocycles. The molecule has 1 aromatic carbocycles. The highest BCUT2D eigenvalue weighted by Crippen LogP contribution is 2.27. The van der Waals surface area contributed by atoms with Crippen LogP contribution in [0.25, 0.3) is 0 Å². The Morgan fingerprint density at radius 2 is 1.83 bits per heavy atom. The molecule has 0 aliphatic carbocycles. The molecule has 0 radical (unpaired) electrons. The predicted octanol–water partition coefficient (Wildman–Crippen LogP) is 2.04. The molecule has 0 aromatic heterocycles. The van der Waals surface area contributed by atoms with Gasteiger partial charge in [0.05, 0.1) is 12.1 Å². The van der Waals surface area contributed by atoms with Crippen LogP contribution in [0.1, 0.15) is 40.2 Å². The zero-order chi connectivity index (χ0) is 21.7. The van der Waals surface area contributed by atoms with Gasteiger partial charge in [0.1, 0.15) is 5.60 Å². The number of nitrogens with zero attached hydrogens (tertiary/aromatic N) is 2. The van der Waals surface area contributed by atoms with Crippen molar-refractivity contribution in [1.29, 1.82) is 0 Å². The summed E-state index contributed by atoms with van der Waals surface area (Å²) in [5.41, 5.74) is 1.04. The van der Waals surface area contributed by atoms with Crippen LogP contribution in [0, 0.1) is 0 Å². The van der Waals surface area contributed by atoms with Gasteiger partial charge < -0.3 is 25.6 Å². The van der Waals surface area contributed by atoms with Gasteiger partial charge in [0.25, 0.3) is 0 Å². The lowest BCUT2D eigenvalue weighted by Crippen LogP contribution is -2.54. The third kappa shape index (κ3) is 6.96. The van der Waals surface area contributed by atoms with Crippen LogP contribution >= 0.6 is 0 Å². The van der Waals surface area contributed by atoms with Crippen molar-refractivity contribution < 1.29 is 14.3 Å². The van der Waals surface area contributed by atoms with Gasteiger partial charge in [-0.25, -0.2) is 4.79 Å². The summed E-state index contributed by atoms with van der Waals surface area (Å²) in [5, 5.41) is 9.02. The van der Waals surface area contributed by atoms with Crippen molar-refractivity contribution in [3.63, 3.8) is 0 Å². The van der Waals surface area contributed by atoms with Crippen LogP contribution in [0.2, 0.25) is 0 Å². The van der Waals surface area contributed by atoms with Gasteiger partial charge in [0.2, 0.25) is 5.91 Å². The number of alkyl carbamates (subject to hydrolysis) is 1. The van der Waals surface area contributed by atoms with Crippen LogP contribution in [-0.2, 0) is 16.0 Å². The minimum Gasteiger partial charge on any atom is -0.444 e. The van der Waals surface area contributed by atoms with E-state index in [0.717, 1.165) is 12.1 Å². The number of ether oxygens (including phenoxy) is 1. The van der Waals surface area contributed by atoms with Gasteiger partial charge in [-0.3, -0.25) is 9.79 Å². The fourth-order valence-corrected chi connectivity index (χ4v) is 3.00. The molecular formula is C21H33N5O3. The predicted molar refractivity (Wildman–Crippen MR) is 115 cm³/mol. The van der Waals surface area contributed by atoms with Gasteiger partial charge in [0.15, 0.2) is 5.96 Å². The molecule has 1 aliphatic rings. The van der Waals surface area contributed by atoms with E-state index in [1.165, 1.54) is 5.56 Å². The molecule has 1 aromatic rings. The summed E-state index contributed by atoms with van der Waals surface area (Å²) < 4.78 is 5.30. The second kappa shape index (κ2) is 9.15. The van der Waals surface area contributed by atoms with Crippen LogP contribution in [0.5, 0.6) is 0 Å². The summed E-state index contributed by atoms with van der Waals surface area (Å²) in [6.07, 6.45) is 0.398. The van der Waals surface area contributed by atoms with Crippen molar-refractivity contribution in [2.45, 2.75) is 52.2 Å². The second-order valence-corrected chi connectivity index (χ2v) is 8.71. The lowest BCUT2D eigenvalue weighted by atomic mass is 10.1. The van der Waals surface area contributed by atoms with Crippen molar-refractivity contribution in [1.82, 2.24) is 16.0 Å². The van der Waals surface area contributed by atoms with Crippen molar-refractivity contribution in [2.75, 3.05) is 31.6 Å². The van der Waals surface area contributed by atoms with E-state index in [4.69, 9.17) is 4.74 Å². The highest BCUT2D eigenvalue weighted by molar-refractivity contribution is 5.98. The van der Waals surface area contributed by atoms with Crippen molar-refractivity contribution >= 4 is 23.6 Å². The SMILES string of the molecule is CN=C(NCC(=O)N1CCc2ccccc21)NCC(C)(C)NC(=O)OC(C)(C)C. The second-order valence-electron chi connectivity index (χ2n) is 8.71. The smallest absolute Gasteiger partial charge is 0.408 e. The molecule has 8 heteroatoms. The van der Waals surface area contributed by atoms with Crippen molar-refractivity contribution in [2.24, 2.45) is 4.99 Å². The summed E-state index contributed by atoms with van der Waals surface area (Å²) in [5.74, 6) is 0.480. The summed E-state index contributed by atoms with van der Waals surface area (Å²) >= 11 is 0. The maximum atomic E-state index is 12.6. The number of carbonyl (C=O) groups is 2. The number of amides is 2. The number of rotatable bonds is 5. The third-order valence-corrected chi connectivity index (χ3v) is 4.36. The number of anilines is 1. The number of carbonyl (C=O) groups excluding carboxylic acids is 2. The highest BCUT2D eigenvalue weighted by atomic mass is 16.6. The first-order valence-electron chi connectivity index (χ1n) is 9.85. The molecule has 0 fully saturated rings. The van der Waals surface area contributed by atoms with Crippen molar-refractivity contribution in [3.8, 4) is 0 Å². The van der Waals surface area contributed by atoms with E-state index in [0.29, 0.717) is 19.0 Å². The number of benzene rings is 1. The maximum absolute atomic E-state index is 12.6. The number of nitrogens with one attached hydrogen (secondary N) is 3. The average Bonchev–Trinajstić information content (AvgIpc) is 3.03. The lowest BCUT2D eigenvalue weighted by molar-refractivity contribution is -0.117. The molecule has 1 heterocycles. The van der Waals surface area contributed by atoms with E-state index in [9.17, 15) is 9.59 Å². The largest absolute Gasteiger partial charge is 0.444 e. The Balaban J connectivity index is 1.82. The van der Waals surface area contributed by atoms with Crippen LogP contribution in [-0.4, -0.2) is 55.8 Å². The molecule has 0 saturated heterocycles. The topological polar surface area (TPSA) is 95.1 Å². The number of fused-ring (bicyclic) bond motifs is 1. The summed E-state index contributed by atoms with van der Waals surface area (Å²) in [7, 11) is 1.64. The van der Waals surface area contributed by atoms with Crippen molar-refractivity contribution in [3.05, 3.63) is 29.8 Å². The van der Waals surface area contributed by atoms with E-state index in [2.05, 4.69) is 27.0 Å². The van der Waals surface area contributed by atoms with Gasteiger partial charge in [-0.15, -0.1) is 0 Å². The molecule has 0 bridgehead atoms. The van der Waals surface area contributed by atoms with E-state index >= 15 is 0 Å². The van der Waals surface area contributed by atoms with Gasteiger partial charge in [0, 0.05) is 25.8 Å². The Bertz CT molecular complexity index is 768. The van der Waals surface area contributed by atoms with Gasteiger partial charge >= 0.3 is 6.09 Å². The van der Waals surface area contributed by atoms with Gasteiger partial charge in [-0.05, 0) is 52.7 Å². The minimum absolute atomic E-state index is 0.0101. The van der Waals surface area contributed by atoms with Gasteiger partial charge in [-0.2, -0.15) is 0 Å². The monoisotopic (exact) mass is 403 g/mol. The lowest BCUT2D eigenvalue weighted by Gasteiger charge is -2.29. The first kappa shape index (κ1) is 22.5. The minimum atomic E-state index is -0.572. The molecule has 3 N–H and O–H groups in total. The van der Waals surface area contributed by atoms with E-state index in [1.54, 1.807) is 11.9 Å². The quantitative estimate of drug-likeness (QED) is 0.517. The van der Waals surface area contributed by atoms with E-state index in [1.807, 2.05) is 52.8 Å². The number of guanidine groups is 1. The molecule has 0 spiro atoms. The Hall–Kier alpha value is -2.77. The van der Waals surface area contributed by atoms with Crippen LogP contribution in [0.4, 0.5) is 10.5 Å². The molecule has 8 nitrogen and oxygen atoms in total. The third-order valence-electron chi connectivity index (χ3n) is 4.36. The molecular weight excluding hydrogens is 370 g/mol. The fraction of sp³-hybridized carbons (Fsp3) is 0.571. The first-order chi connectivity index (χ1) is 13.5. The molecule has 29 heavy (non-hydrogen) atoms. The molecule has 2 rings (SSSR count). The van der Waals surface area contributed by atoms with Crippen LogP contribution in [0.3, 0.4) is 0 Å². The number of hydrogen-bond donors (Lipinski definition) is 3. The summed E-state index contributed by atoms with van der Waals surface area (Å²) in [4.78, 5) is 30.6. The highest BCUT2D eigenvalue weighted by Gasteiger charge is 2.26. The number of para-hydroxylation sites is 1. The molecule has 0 unspecified atom stereocenters. The molecule has 160 valence electrons. The number of hydrogen-bond acceptors (Lipinski definition) is 4. The zero-order valence-corrected chi connectivity index (χ0v) is 18.3. The summed E-state index contributed by atoms with van der Waals surface area (Å²) in [6, 6.07) is 7.95. The van der Waals surface area contributed by atoms with Crippen LogP contribution in [0.15, 0.2) is 29.3 Å². The van der Waals surface area contributed by atoms with E-state index < -0.39 is 17.2 Å². The fourth-order valence-electron chi connectivity index (χ4n) is 3.00. The summed E-state index contributed by atoms with van der Waals surface area (Å²) in [6.45, 7) is 10.4. The standard InChI is InChI=1S/C21H33N5O3/c1-20(2,3)29-19(28)25-21(4,5)14-24-18(22-6)23-13-17(27)26-12-11-15-9-7-8-10-16(15)26/h7-10H,11-14H2,1-6H3,(H,25,28)(H2,22,23,24). The Labute approximate surface area is 173 Å². The maximum Gasteiger partial charge on any atom is 0.408 e. The first-order valence-corrected chi connectivity index (χ1v) is 9.85. The zero-order valence-electron chi connectivity index (χ0n) is 18.3.